The Labute approximate surface area is 102 Å². The molecule has 1 aromatic rings. The van der Waals surface area contributed by atoms with E-state index < -0.39 is 0 Å². The van der Waals surface area contributed by atoms with Gasteiger partial charge < -0.3 is 5.32 Å². The second-order valence-corrected chi connectivity index (χ2v) is 4.12. The van der Waals surface area contributed by atoms with Crippen LogP contribution in [-0.2, 0) is 0 Å². The van der Waals surface area contributed by atoms with Gasteiger partial charge in [0.2, 0.25) is 0 Å². The van der Waals surface area contributed by atoms with E-state index in [4.69, 9.17) is 0 Å². The van der Waals surface area contributed by atoms with E-state index in [2.05, 4.69) is 12.2 Å². The van der Waals surface area contributed by atoms with Crippen LogP contribution in [0.2, 0.25) is 0 Å². The van der Waals surface area contributed by atoms with E-state index in [1.54, 1.807) is 12.1 Å². The minimum Gasteiger partial charge on any atom is -0.379 e. The quantitative estimate of drug-likeness (QED) is 0.422. The molecule has 0 saturated carbocycles. The van der Waals surface area contributed by atoms with E-state index in [0.717, 1.165) is 13.0 Å². The summed E-state index contributed by atoms with van der Waals surface area (Å²) in [7, 11) is 0. The van der Waals surface area contributed by atoms with Crippen molar-refractivity contribution in [3.05, 3.63) is 34.4 Å². The van der Waals surface area contributed by atoms with Crippen LogP contribution in [0.5, 0.6) is 0 Å². The molecule has 0 atom stereocenters. The number of nitrogens with one attached hydrogen (secondary N) is 1. The van der Waals surface area contributed by atoms with Gasteiger partial charge in [-0.2, -0.15) is 0 Å². The van der Waals surface area contributed by atoms with Crippen molar-refractivity contribution >= 4 is 11.4 Å². The summed E-state index contributed by atoms with van der Waals surface area (Å²) >= 11 is 0. The molecule has 0 aromatic heterocycles. The normalized spacial score (nSPS) is 10.2. The fraction of sp³-hybridized carbons (Fsp3) is 0.538. The number of hydrogen-bond donors (Lipinski definition) is 1. The molecule has 0 spiro atoms. The molecule has 4 nitrogen and oxygen atoms in total. The molecule has 1 rings (SSSR count). The minimum absolute atomic E-state index is 0.154. The Morgan fingerprint density at radius 2 is 1.88 bits per heavy atom. The number of hydrogen-bond acceptors (Lipinski definition) is 3. The molecule has 0 fully saturated rings. The lowest BCUT2D eigenvalue weighted by Crippen LogP contribution is -2.04. The highest BCUT2D eigenvalue weighted by atomic mass is 16.6. The van der Waals surface area contributed by atoms with E-state index in [0.29, 0.717) is 5.69 Å². The van der Waals surface area contributed by atoms with Crippen LogP contribution in [-0.4, -0.2) is 11.5 Å². The largest absolute Gasteiger partial charge is 0.379 e. The molecule has 4 heteroatoms. The van der Waals surface area contributed by atoms with Crippen LogP contribution in [0.15, 0.2) is 24.3 Å². The second-order valence-electron chi connectivity index (χ2n) is 4.12. The first-order valence-corrected chi connectivity index (χ1v) is 6.23. The van der Waals surface area contributed by atoms with Crippen molar-refractivity contribution < 1.29 is 4.92 Å². The average Bonchev–Trinajstić information content (AvgIpc) is 2.34. The Bertz CT molecular complexity index is 353. The molecule has 0 unspecified atom stereocenters. The first-order valence-electron chi connectivity index (χ1n) is 6.23. The summed E-state index contributed by atoms with van der Waals surface area (Å²) in [5.74, 6) is 0. The third kappa shape index (κ3) is 4.85. The van der Waals surface area contributed by atoms with Crippen molar-refractivity contribution in [1.82, 2.24) is 0 Å². The van der Waals surface area contributed by atoms with Crippen LogP contribution >= 0.6 is 0 Å². The van der Waals surface area contributed by atoms with Gasteiger partial charge in [0.1, 0.15) is 5.69 Å². The van der Waals surface area contributed by atoms with Crippen molar-refractivity contribution in [3.63, 3.8) is 0 Å². The SMILES string of the molecule is CCCCCCCNc1ccccc1[N+](=O)[O-]. The maximum atomic E-state index is 10.8. The molecular formula is C13H20N2O2. The van der Waals surface area contributed by atoms with Gasteiger partial charge in [-0.3, -0.25) is 10.1 Å². The Morgan fingerprint density at radius 1 is 1.18 bits per heavy atom. The Kier molecular flexibility index (Phi) is 6.07. The lowest BCUT2D eigenvalue weighted by molar-refractivity contribution is -0.384. The number of benzene rings is 1. The van der Waals surface area contributed by atoms with Gasteiger partial charge in [-0.1, -0.05) is 44.7 Å². The Balaban J connectivity index is 2.34. The van der Waals surface area contributed by atoms with Crippen molar-refractivity contribution in [2.45, 2.75) is 39.0 Å². The molecule has 0 saturated heterocycles. The van der Waals surface area contributed by atoms with Gasteiger partial charge >= 0.3 is 0 Å². The third-order valence-electron chi connectivity index (χ3n) is 2.70. The summed E-state index contributed by atoms with van der Waals surface area (Å²) in [5.41, 5.74) is 0.772. The number of anilines is 1. The highest BCUT2D eigenvalue weighted by Crippen LogP contribution is 2.23. The topological polar surface area (TPSA) is 55.2 Å². The van der Waals surface area contributed by atoms with Crippen molar-refractivity contribution in [2.75, 3.05) is 11.9 Å². The molecule has 0 aliphatic rings. The van der Waals surface area contributed by atoms with Crippen LogP contribution in [0.4, 0.5) is 11.4 Å². The monoisotopic (exact) mass is 236 g/mol. The van der Waals surface area contributed by atoms with Gasteiger partial charge in [0.25, 0.3) is 5.69 Å². The van der Waals surface area contributed by atoms with Crippen LogP contribution in [0.3, 0.4) is 0 Å². The first-order chi connectivity index (χ1) is 8.25. The smallest absolute Gasteiger partial charge is 0.292 e. The summed E-state index contributed by atoms with van der Waals surface area (Å²) in [5, 5.41) is 13.9. The second kappa shape index (κ2) is 7.65. The number of unbranched alkanes of at least 4 members (excludes halogenated alkanes) is 4. The maximum absolute atomic E-state index is 10.8. The molecule has 0 aliphatic heterocycles. The van der Waals surface area contributed by atoms with Gasteiger partial charge in [-0.15, -0.1) is 0 Å². The number of nitrogens with zero attached hydrogens (tertiary/aromatic N) is 1. The van der Waals surface area contributed by atoms with Crippen LogP contribution in [0, 0.1) is 10.1 Å². The van der Waals surface area contributed by atoms with Gasteiger partial charge in [0, 0.05) is 12.6 Å². The van der Waals surface area contributed by atoms with E-state index in [9.17, 15) is 10.1 Å². The molecule has 0 radical (unpaired) electrons. The number of rotatable bonds is 8. The highest BCUT2D eigenvalue weighted by Gasteiger charge is 2.10. The van der Waals surface area contributed by atoms with E-state index in [1.165, 1.54) is 31.7 Å². The lowest BCUT2D eigenvalue weighted by Gasteiger charge is -2.06. The van der Waals surface area contributed by atoms with Crippen molar-refractivity contribution in [3.8, 4) is 0 Å². The van der Waals surface area contributed by atoms with Gasteiger partial charge in [-0.25, -0.2) is 0 Å². The average molecular weight is 236 g/mol. The summed E-state index contributed by atoms with van der Waals surface area (Å²) in [6.45, 7) is 2.99. The zero-order valence-corrected chi connectivity index (χ0v) is 10.3. The standard InChI is InChI=1S/C13H20N2O2/c1-2-3-4-5-8-11-14-12-9-6-7-10-13(12)15(16)17/h6-7,9-10,14H,2-5,8,11H2,1H3. The van der Waals surface area contributed by atoms with Crippen LogP contribution in [0.1, 0.15) is 39.0 Å². The molecule has 17 heavy (non-hydrogen) atoms. The molecule has 94 valence electrons. The Morgan fingerprint density at radius 3 is 2.59 bits per heavy atom. The van der Waals surface area contributed by atoms with Gasteiger partial charge in [-0.05, 0) is 12.5 Å². The van der Waals surface area contributed by atoms with Gasteiger partial charge in [0.05, 0.1) is 4.92 Å². The molecule has 0 aliphatic carbocycles. The van der Waals surface area contributed by atoms with Crippen LogP contribution in [0.25, 0.3) is 0 Å². The van der Waals surface area contributed by atoms with E-state index in [-0.39, 0.29) is 10.6 Å². The molecular weight excluding hydrogens is 216 g/mol. The summed E-state index contributed by atoms with van der Waals surface area (Å²) in [4.78, 5) is 10.4. The molecule has 0 bridgehead atoms. The van der Waals surface area contributed by atoms with Crippen LogP contribution < -0.4 is 5.32 Å². The predicted octanol–water partition coefficient (Wildman–Crippen LogP) is 3.98. The molecule has 1 aromatic carbocycles. The Hall–Kier alpha value is -1.58. The zero-order valence-electron chi connectivity index (χ0n) is 10.3. The van der Waals surface area contributed by atoms with E-state index in [1.807, 2.05) is 6.07 Å². The fourth-order valence-corrected chi connectivity index (χ4v) is 1.73. The predicted molar refractivity (Wildman–Crippen MR) is 70.3 cm³/mol. The molecule has 0 heterocycles. The summed E-state index contributed by atoms with van der Waals surface area (Å²) in [6, 6.07) is 6.78. The molecule has 0 amide bonds. The summed E-state index contributed by atoms with van der Waals surface area (Å²) < 4.78 is 0. The van der Waals surface area contributed by atoms with E-state index >= 15 is 0 Å². The number of nitro groups is 1. The minimum atomic E-state index is -0.348. The fourth-order valence-electron chi connectivity index (χ4n) is 1.73. The third-order valence-corrected chi connectivity index (χ3v) is 2.70. The lowest BCUT2D eigenvalue weighted by atomic mass is 10.1. The number of para-hydroxylation sites is 2. The van der Waals surface area contributed by atoms with Crippen molar-refractivity contribution in [2.24, 2.45) is 0 Å². The molecule has 1 N–H and O–H groups in total. The van der Waals surface area contributed by atoms with Gasteiger partial charge in [0.15, 0.2) is 0 Å². The number of nitro benzene ring substituents is 1. The summed E-state index contributed by atoms with van der Waals surface area (Å²) in [6.07, 6.45) is 5.99. The highest BCUT2D eigenvalue weighted by molar-refractivity contribution is 5.60. The maximum Gasteiger partial charge on any atom is 0.292 e. The van der Waals surface area contributed by atoms with Crippen molar-refractivity contribution in [1.29, 1.82) is 0 Å². The zero-order chi connectivity index (χ0) is 12.5. The first kappa shape index (κ1) is 13.5.